The molecule has 4 heteroatoms. The molecule has 204 valence electrons. The maximum absolute atomic E-state index is 13.2. The predicted octanol–water partition coefficient (Wildman–Crippen LogP) is 7.52. The monoisotopic (exact) mass is 531 g/mol. The average Bonchev–Trinajstić information content (AvgIpc) is 3.19. The van der Waals surface area contributed by atoms with Gasteiger partial charge in [0.15, 0.2) is 18.0 Å². The van der Waals surface area contributed by atoms with Crippen molar-refractivity contribution in [3.63, 3.8) is 0 Å². The fourth-order valence-electron chi connectivity index (χ4n) is 6.79. The molecular formula is C36H39N2O2+. The van der Waals surface area contributed by atoms with E-state index in [1.54, 1.807) is 6.08 Å². The van der Waals surface area contributed by atoms with Gasteiger partial charge in [-0.15, -0.1) is 0 Å². The molecule has 5 aliphatic rings. The number of carbonyl (C=O) groups excluding carboxylic acids is 1. The molecule has 0 saturated heterocycles. The molecule has 1 unspecified atom stereocenters. The van der Waals surface area contributed by atoms with Gasteiger partial charge in [-0.1, -0.05) is 42.5 Å². The lowest BCUT2D eigenvalue weighted by Crippen LogP contribution is -2.42. The number of ether oxygens (including phenoxy) is 1. The van der Waals surface area contributed by atoms with Crippen molar-refractivity contribution in [3.05, 3.63) is 124 Å². The second-order valence-corrected chi connectivity index (χ2v) is 11.8. The average molecular weight is 532 g/mol. The molecule has 1 aromatic carbocycles. The first kappa shape index (κ1) is 26.3. The summed E-state index contributed by atoms with van der Waals surface area (Å²) in [6.07, 6.45) is 22.5. The van der Waals surface area contributed by atoms with Crippen LogP contribution in [0.25, 0.3) is 0 Å². The lowest BCUT2D eigenvalue weighted by molar-refractivity contribution is -0.444. The molecule has 40 heavy (non-hydrogen) atoms. The van der Waals surface area contributed by atoms with E-state index in [4.69, 9.17) is 4.74 Å². The largest absolute Gasteiger partial charge is 0.484 e. The van der Waals surface area contributed by atoms with Crippen LogP contribution in [0.3, 0.4) is 0 Å². The summed E-state index contributed by atoms with van der Waals surface area (Å²) in [4.78, 5) is 15.5. The van der Waals surface area contributed by atoms with E-state index in [0.29, 0.717) is 11.3 Å². The lowest BCUT2D eigenvalue weighted by atomic mass is 9.75. The molecule has 0 aromatic heterocycles. The summed E-state index contributed by atoms with van der Waals surface area (Å²) in [5, 5.41) is 0. The Morgan fingerprint density at radius 1 is 1.20 bits per heavy atom. The Hall–Kier alpha value is -3.92. The van der Waals surface area contributed by atoms with Gasteiger partial charge in [0.05, 0.1) is 11.0 Å². The van der Waals surface area contributed by atoms with Crippen LogP contribution < -0.4 is 0 Å². The van der Waals surface area contributed by atoms with E-state index in [9.17, 15) is 4.79 Å². The van der Waals surface area contributed by atoms with E-state index < -0.39 is 0 Å². The molecule has 3 heterocycles. The van der Waals surface area contributed by atoms with E-state index in [0.717, 1.165) is 37.8 Å². The molecule has 0 amide bonds. The zero-order chi connectivity index (χ0) is 28.0. The number of para-hydroxylation sites is 1. The number of nitrogens with zero attached hydrogens (tertiary/aromatic N) is 2. The highest BCUT2D eigenvalue weighted by Gasteiger charge is 2.52. The lowest BCUT2D eigenvalue weighted by Gasteiger charge is -2.33. The smallest absolute Gasteiger partial charge is 0.209 e. The van der Waals surface area contributed by atoms with Crippen LogP contribution in [-0.2, 0) is 14.9 Å². The first-order valence-corrected chi connectivity index (χ1v) is 14.5. The molecule has 3 aliphatic heterocycles. The third kappa shape index (κ3) is 4.40. The molecule has 1 aromatic rings. The Morgan fingerprint density at radius 2 is 2.02 bits per heavy atom. The highest BCUT2D eigenvalue weighted by atomic mass is 16.5. The minimum Gasteiger partial charge on any atom is -0.484 e. The van der Waals surface area contributed by atoms with Crippen molar-refractivity contribution >= 4 is 17.2 Å². The molecule has 2 aliphatic carbocycles. The molecule has 0 spiro atoms. The SMILES string of the molecule is C/C=C/CC(=CC=C1C=C2C=C3C4=[N+](CCC3OC2=CC1=O)c1ccccc1C4(C)C)N(C)C1=C(C)C=CCC1. The summed E-state index contributed by atoms with van der Waals surface area (Å²) in [5.41, 5.74) is 10.6. The maximum Gasteiger partial charge on any atom is 0.209 e. The predicted molar refractivity (Wildman–Crippen MR) is 162 cm³/mol. The number of hydrogen-bond acceptors (Lipinski definition) is 3. The number of benzene rings is 1. The second kappa shape index (κ2) is 10.2. The van der Waals surface area contributed by atoms with Crippen molar-refractivity contribution in [2.45, 2.75) is 64.9 Å². The van der Waals surface area contributed by atoms with Gasteiger partial charge in [0, 0.05) is 60.1 Å². The summed E-state index contributed by atoms with van der Waals surface area (Å²) in [7, 11) is 2.14. The Bertz CT molecular complexity index is 1560. The Balaban J connectivity index is 1.37. The summed E-state index contributed by atoms with van der Waals surface area (Å²) in [5.74, 6) is 0.692. The Kier molecular flexibility index (Phi) is 6.74. The molecule has 0 bridgehead atoms. The number of hydrogen-bond donors (Lipinski definition) is 0. The molecular weight excluding hydrogens is 492 g/mol. The third-order valence-corrected chi connectivity index (χ3v) is 8.91. The van der Waals surface area contributed by atoms with Gasteiger partial charge in [-0.3, -0.25) is 4.79 Å². The molecule has 4 nitrogen and oxygen atoms in total. The molecule has 1 atom stereocenters. The van der Waals surface area contributed by atoms with Crippen molar-refractivity contribution in [1.29, 1.82) is 0 Å². The normalized spacial score (nSPS) is 24.3. The molecule has 6 rings (SSSR count). The van der Waals surface area contributed by atoms with Crippen LogP contribution in [0.4, 0.5) is 5.69 Å². The zero-order valence-electron chi connectivity index (χ0n) is 24.3. The van der Waals surface area contributed by atoms with E-state index >= 15 is 0 Å². The number of carbonyl (C=O) groups is 1. The van der Waals surface area contributed by atoms with Crippen LogP contribution in [0.1, 0.15) is 58.9 Å². The van der Waals surface area contributed by atoms with Gasteiger partial charge in [0.25, 0.3) is 0 Å². The topological polar surface area (TPSA) is 32.6 Å². The van der Waals surface area contributed by atoms with E-state index in [1.165, 1.54) is 39.5 Å². The van der Waals surface area contributed by atoms with Gasteiger partial charge in [0.1, 0.15) is 11.9 Å². The minimum atomic E-state index is -0.106. The van der Waals surface area contributed by atoms with Crippen molar-refractivity contribution in [3.8, 4) is 0 Å². The summed E-state index contributed by atoms with van der Waals surface area (Å²) >= 11 is 0. The summed E-state index contributed by atoms with van der Waals surface area (Å²) in [6, 6.07) is 8.74. The zero-order valence-corrected chi connectivity index (χ0v) is 24.3. The Labute approximate surface area is 238 Å². The number of rotatable bonds is 5. The van der Waals surface area contributed by atoms with Crippen LogP contribution in [0, 0.1) is 0 Å². The fraction of sp³-hybridized carbons (Fsp3) is 0.333. The van der Waals surface area contributed by atoms with Crippen LogP contribution in [-0.4, -0.2) is 40.7 Å². The molecule has 0 fully saturated rings. The number of allylic oxidation sites excluding steroid dienone is 12. The first-order chi connectivity index (χ1) is 19.3. The maximum atomic E-state index is 13.2. The van der Waals surface area contributed by atoms with E-state index in [1.807, 2.05) is 19.1 Å². The van der Waals surface area contributed by atoms with Gasteiger partial charge in [-0.2, -0.15) is 4.58 Å². The van der Waals surface area contributed by atoms with Crippen molar-refractivity contribution in [2.75, 3.05) is 13.6 Å². The third-order valence-electron chi connectivity index (χ3n) is 8.91. The minimum absolute atomic E-state index is 0.00503. The second-order valence-electron chi connectivity index (χ2n) is 11.8. The fourth-order valence-corrected chi connectivity index (χ4v) is 6.79. The van der Waals surface area contributed by atoms with Gasteiger partial charge in [-0.25, -0.2) is 0 Å². The van der Waals surface area contributed by atoms with Crippen molar-refractivity contribution in [2.24, 2.45) is 0 Å². The molecule has 0 N–H and O–H groups in total. The number of fused-ring (bicyclic) bond motifs is 5. The highest BCUT2D eigenvalue weighted by Crippen LogP contribution is 2.46. The van der Waals surface area contributed by atoms with Crippen LogP contribution in [0.5, 0.6) is 0 Å². The van der Waals surface area contributed by atoms with Crippen LogP contribution >= 0.6 is 0 Å². The Morgan fingerprint density at radius 3 is 2.83 bits per heavy atom. The van der Waals surface area contributed by atoms with Gasteiger partial charge >= 0.3 is 0 Å². The summed E-state index contributed by atoms with van der Waals surface area (Å²) in [6.45, 7) is 9.76. The quantitative estimate of drug-likeness (QED) is 0.224. The van der Waals surface area contributed by atoms with Crippen molar-refractivity contribution < 1.29 is 14.1 Å². The summed E-state index contributed by atoms with van der Waals surface area (Å²) < 4.78 is 8.98. The van der Waals surface area contributed by atoms with Crippen LogP contribution in [0.15, 0.2) is 118 Å². The van der Waals surface area contributed by atoms with Crippen molar-refractivity contribution in [1.82, 2.24) is 4.90 Å². The van der Waals surface area contributed by atoms with E-state index in [2.05, 4.69) is 98.0 Å². The van der Waals surface area contributed by atoms with Crippen LogP contribution in [0.2, 0.25) is 0 Å². The highest BCUT2D eigenvalue weighted by molar-refractivity contribution is 6.11. The van der Waals surface area contributed by atoms with Gasteiger partial charge < -0.3 is 9.64 Å². The standard InChI is InChI=1S/C36H39N2O2/c1-6-7-13-27(37(5)30-15-10-8-12-24(30)2)18-17-25-21-26-22-28-33(40-34(26)23-32(25)39)19-20-38-31-16-11-9-14-29(31)36(3,4)35(28)38/h6-9,11-12,14,16-18,21-23,33H,10,13,15,19-20H2,1-5H3/q+1/b7-6+. The van der Waals surface area contributed by atoms with Gasteiger partial charge in [0.2, 0.25) is 5.69 Å². The molecule has 0 radical (unpaired) electrons. The van der Waals surface area contributed by atoms with E-state index in [-0.39, 0.29) is 17.3 Å². The number of ketones is 1. The first-order valence-electron chi connectivity index (χ1n) is 14.5. The van der Waals surface area contributed by atoms with Gasteiger partial charge in [-0.05, 0) is 70.4 Å². The molecule has 0 saturated carbocycles.